The highest BCUT2D eigenvalue weighted by Crippen LogP contribution is 2.42. The number of hydrogen-bond acceptors (Lipinski definition) is 5. The third-order valence-corrected chi connectivity index (χ3v) is 5.67. The van der Waals surface area contributed by atoms with Crippen LogP contribution in [0.25, 0.3) is 0 Å². The first-order valence-corrected chi connectivity index (χ1v) is 10.5. The van der Waals surface area contributed by atoms with Gasteiger partial charge in [0.05, 0.1) is 19.8 Å². The molecule has 0 atom stereocenters. The van der Waals surface area contributed by atoms with Gasteiger partial charge in [-0.1, -0.05) is 11.6 Å². The number of nitrogens with one attached hydrogen (secondary N) is 1. The summed E-state index contributed by atoms with van der Waals surface area (Å²) in [5.74, 6) is 0.831. The quantitative estimate of drug-likeness (QED) is 0.596. The Morgan fingerprint density at radius 2 is 1.82 bits per heavy atom. The Kier molecular flexibility index (Phi) is 8.40. The van der Waals surface area contributed by atoms with Crippen LogP contribution in [0.15, 0.2) is 24.3 Å². The molecule has 7 heteroatoms. The Bertz CT molecular complexity index is 597. The number of halogens is 1. The molecule has 0 bridgehead atoms. The first kappa shape index (κ1) is 21.4. The number of rotatable bonds is 10. The maximum Gasteiger partial charge on any atom is 0.220 e. The summed E-state index contributed by atoms with van der Waals surface area (Å²) in [5, 5.41) is 3.69. The molecule has 3 rings (SSSR count). The number of carbonyl (C=O) groups is 1. The van der Waals surface area contributed by atoms with Gasteiger partial charge in [-0.25, -0.2) is 0 Å². The van der Waals surface area contributed by atoms with Crippen LogP contribution < -0.4 is 10.1 Å². The monoisotopic (exact) mass is 411 g/mol. The molecule has 0 aliphatic carbocycles. The molecule has 0 spiro atoms. The van der Waals surface area contributed by atoms with E-state index in [1.807, 2.05) is 12.1 Å². The molecule has 2 fully saturated rings. The molecule has 0 aromatic heterocycles. The second-order valence-electron chi connectivity index (χ2n) is 7.41. The van der Waals surface area contributed by atoms with E-state index in [1.165, 1.54) is 0 Å². The lowest BCUT2D eigenvalue weighted by molar-refractivity contribution is -0.168. The van der Waals surface area contributed by atoms with Crippen molar-refractivity contribution in [3.63, 3.8) is 0 Å². The van der Waals surface area contributed by atoms with E-state index in [0.29, 0.717) is 44.2 Å². The number of carbonyl (C=O) groups excluding carboxylic acids is 1. The van der Waals surface area contributed by atoms with Crippen LogP contribution >= 0.6 is 11.6 Å². The van der Waals surface area contributed by atoms with Gasteiger partial charge in [-0.3, -0.25) is 4.79 Å². The Balaban J connectivity index is 1.29. The SMILES string of the molecule is O=C(CCCOc1ccc(Cl)cc1)NCCCC1(C2OCCO2)CCOCC1. The fourth-order valence-electron chi connectivity index (χ4n) is 3.80. The van der Waals surface area contributed by atoms with Crippen LogP contribution in [-0.2, 0) is 19.0 Å². The largest absolute Gasteiger partial charge is 0.494 e. The van der Waals surface area contributed by atoms with Crippen molar-refractivity contribution in [2.75, 3.05) is 39.6 Å². The maximum atomic E-state index is 12.0. The summed E-state index contributed by atoms with van der Waals surface area (Å²) in [5.41, 5.74) is 0.0197. The molecule has 1 N–H and O–H groups in total. The van der Waals surface area contributed by atoms with E-state index in [-0.39, 0.29) is 17.6 Å². The number of amides is 1. The van der Waals surface area contributed by atoms with Crippen molar-refractivity contribution in [2.24, 2.45) is 5.41 Å². The zero-order valence-corrected chi connectivity index (χ0v) is 17.0. The third-order valence-electron chi connectivity index (χ3n) is 5.41. The molecule has 2 heterocycles. The fourth-order valence-corrected chi connectivity index (χ4v) is 3.93. The van der Waals surface area contributed by atoms with Crippen LogP contribution in [0, 0.1) is 5.41 Å². The number of hydrogen-bond donors (Lipinski definition) is 1. The smallest absolute Gasteiger partial charge is 0.220 e. The average molecular weight is 412 g/mol. The minimum atomic E-state index is -0.128. The van der Waals surface area contributed by atoms with Gasteiger partial charge in [0, 0.05) is 36.6 Å². The van der Waals surface area contributed by atoms with Crippen molar-refractivity contribution < 1.29 is 23.7 Å². The molecular formula is C21H30ClNO5. The van der Waals surface area contributed by atoms with E-state index in [0.717, 1.165) is 44.6 Å². The van der Waals surface area contributed by atoms with Gasteiger partial charge in [0.2, 0.25) is 5.91 Å². The summed E-state index contributed by atoms with van der Waals surface area (Å²) >= 11 is 5.84. The minimum absolute atomic E-state index is 0.0197. The van der Waals surface area contributed by atoms with Crippen LogP contribution in [0.3, 0.4) is 0 Å². The van der Waals surface area contributed by atoms with E-state index in [4.69, 9.17) is 30.5 Å². The Hall–Kier alpha value is -1.34. The van der Waals surface area contributed by atoms with Gasteiger partial charge >= 0.3 is 0 Å². The third kappa shape index (κ3) is 6.34. The highest BCUT2D eigenvalue weighted by molar-refractivity contribution is 6.30. The predicted octanol–water partition coefficient (Wildman–Crippen LogP) is 3.57. The fraction of sp³-hybridized carbons (Fsp3) is 0.667. The molecule has 2 aliphatic heterocycles. The van der Waals surface area contributed by atoms with Crippen molar-refractivity contribution in [2.45, 2.75) is 44.8 Å². The molecule has 6 nitrogen and oxygen atoms in total. The van der Waals surface area contributed by atoms with Gasteiger partial charge in [0.1, 0.15) is 5.75 Å². The highest BCUT2D eigenvalue weighted by atomic mass is 35.5. The van der Waals surface area contributed by atoms with Gasteiger partial charge in [-0.2, -0.15) is 0 Å². The number of benzene rings is 1. The topological polar surface area (TPSA) is 66.0 Å². The lowest BCUT2D eigenvalue weighted by atomic mass is 9.75. The van der Waals surface area contributed by atoms with Crippen LogP contribution in [0.5, 0.6) is 5.75 Å². The molecule has 1 aromatic carbocycles. The molecular weight excluding hydrogens is 382 g/mol. The van der Waals surface area contributed by atoms with Crippen molar-refractivity contribution in [1.82, 2.24) is 5.32 Å². The van der Waals surface area contributed by atoms with Crippen molar-refractivity contribution in [1.29, 1.82) is 0 Å². The second kappa shape index (κ2) is 11.0. The van der Waals surface area contributed by atoms with Crippen molar-refractivity contribution >= 4 is 17.5 Å². The van der Waals surface area contributed by atoms with E-state index in [1.54, 1.807) is 12.1 Å². The number of ether oxygens (including phenoxy) is 4. The van der Waals surface area contributed by atoms with Crippen LogP contribution in [0.1, 0.15) is 38.5 Å². The van der Waals surface area contributed by atoms with Crippen LogP contribution in [0.2, 0.25) is 5.02 Å². The molecule has 0 unspecified atom stereocenters. The van der Waals surface area contributed by atoms with Gasteiger partial charge in [-0.15, -0.1) is 0 Å². The predicted molar refractivity (Wildman–Crippen MR) is 107 cm³/mol. The standard InChI is InChI=1S/C21H30ClNO5/c22-17-4-6-18(7-5-17)26-12-1-3-19(24)23-11-2-8-21(9-13-25-14-10-21)20-27-15-16-28-20/h4-7,20H,1-3,8-16H2,(H,23,24). The summed E-state index contributed by atoms with van der Waals surface area (Å²) in [7, 11) is 0. The Labute approximate surface area is 171 Å². The van der Waals surface area contributed by atoms with E-state index >= 15 is 0 Å². The summed E-state index contributed by atoms with van der Waals surface area (Å²) in [6, 6.07) is 7.23. The normalized spacial score (nSPS) is 19.5. The Morgan fingerprint density at radius 3 is 2.54 bits per heavy atom. The van der Waals surface area contributed by atoms with Gasteiger partial charge in [0.15, 0.2) is 6.29 Å². The lowest BCUT2D eigenvalue weighted by Gasteiger charge is -2.40. The van der Waals surface area contributed by atoms with Crippen molar-refractivity contribution in [3.05, 3.63) is 29.3 Å². The first-order valence-electron chi connectivity index (χ1n) is 10.1. The first-order chi connectivity index (χ1) is 13.7. The summed E-state index contributed by atoms with van der Waals surface area (Å²) < 4.78 is 22.7. The highest BCUT2D eigenvalue weighted by Gasteiger charge is 2.43. The van der Waals surface area contributed by atoms with E-state index < -0.39 is 0 Å². The maximum absolute atomic E-state index is 12.0. The zero-order chi connectivity index (χ0) is 19.7. The minimum Gasteiger partial charge on any atom is -0.494 e. The van der Waals surface area contributed by atoms with E-state index in [2.05, 4.69) is 5.32 Å². The molecule has 0 radical (unpaired) electrons. The Morgan fingerprint density at radius 1 is 1.11 bits per heavy atom. The van der Waals surface area contributed by atoms with Crippen molar-refractivity contribution in [3.8, 4) is 5.75 Å². The molecule has 1 amide bonds. The van der Waals surface area contributed by atoms with E-state index in [9.17, 15) is 4.79 Å². The van der Waals surface area contributed by atoms with Crippen LogP contribution in [0.4, 0.5) is 0 Å². The molecule has 2 saturated heterocycles. The van der Waals surface area contributed by atoms with Gasteiger partial charge in [-0.05, 0) is 56.4 Å². The summed E-state index contributed by atoms with van der Waals surface area (Å²) in [4.78, 5) is 12.0. The van der Waals surface area contributed by atoms with Crippen LogP contribution in [-0.4, -0.2) is 51.8 Å². The molecule has 28 heavy (non-hydrogen) atoms. The zero-order valence-electron chi connectivity index (χ0n) is 16.3. The molecule has 1 aromatic rings. The lowest BCUT2D eigenvalue weighted by Crippen LogP contribution is -2.41. The van der Waals surface area contributed by atoms with Gasteiger partial charge < -0.3 is 24.3 Å². The second-order valence-corrected chi connectivity index (χ2v) is 7.84. The molecule has 156 valence electrons. The molecule has 0 saturated carbocycles. The summed E-state index contributed by atoms with van der Waals surface area (Å²) in [6.07, 6.45) is 4.80. The van der Waals surface area contributed by atoms with Gasteiger partial charge in [0.25, 0.3) is 0 Å². The summed E-state index contributed by atoms with van der Waals surface area (Å²) in [6.45, 7) is 4.03. The average Bonchev–Trinajstić information content (AvgIpc) is 3.26. The molecule has 2 aliphatic rings.